The molecule has 16 heavy (non-hydrogen) atoms. The molecule has 0 spiro atoms. The van der Waals surface area contributed by atoms with Gasteiger partial charge in [0.15, 0.2) is 0 Å². The minimum atomic E-state index is -0.0729. The van der Waals surface area contributed by atoms with E-state index in [0.717, 1.165) is 5.69 Å². The Kier molecular flexibility index (Phi) is 5.21. The molecule has 0 unspecified atom stereocenters. The van der Waals surface area contributed by atoms with E-state index in [9.17, 15) is 4.79 Å². The summed E-state index contributed by atoms with van der Waals surface area (Å²) in [6.07, 6.45) is 1.72. The summed E-state index contributed by atoms with van der Waals surface area (Å²) in [6.45, 7) is 3.08. The van der Waals surface area contributed by atoms with Crippen LogP contribution in [0.25, 0.3) is 0 Å². The van der Waals surface area contributed by atoms with Crippen molar-refractivity contribution in [3.05, 3.63) is 18.1 Å². The van der Waals surface area contributed by atoms with Crippen LogP contribution in [0, 0.1) is 6.92 Å². The third-order valence-electron chi connectivity index (χ3n) is 1.82. The van der Waals surface area contributed by atoms with Gasteiger partial charge in [0.2, 0.25) is 11.8 Å². The third kappa shape index (κ3) is 4.70. The Hall–Kier alpha value is -1.69. The molecular formula is C10H16N4O2. The van der Waals surface area contributed by atoms with Gasteiger partial charge in [-0.25, -0.2) is 9.97 Å². The third-order valence-corrected chi connectivity index (χ3v) is 1.82. The fourth-order valence-corrected chi connectivity index (χ4v) is 1.06. The molecule has 0 aromatic carbocycles. The molecule has 6 nitrogen and oxygen atoms in total. The number of aryl methyl sites for hydroxylation is 1. The van der Waals surface area contributed by atoms with Crippen LogP contribution < -0.4 is 15.8 Å². The summed E-state index contributed by atoms with van der Waals surface area (Å²) in [5.74, 6) is 0.412. The summed E-state index contributed by atoms with van der Waals surface area (Å²) in [6, 6.07) is 1.72. The topological polar surface area (TPSA) is 90.1 Å². The van der Waals surface area contributed by atoms with Crippen molar-refractivity contribution < 1.29 is 9.53 Å². The van der Waals surface area contributed by atoms with E-state index < -0.39 is 0 Å². The van der Waals surface area contributed by atoms with Crippen LogP contribution in [0.15, 0.2) is 12.4 Å². The second-order valence-corrected chi connectivity index (χ2v) is 3.23. The molecule has 1 amide bonds. The van der Waals surface area contributed by atoms with E-state index in [1.54, 1.807) is 6.07 Å². The van der Waals surface area contributed by atoms with E-state index in [4.69, 9.17) is 10.5 Å². The van der Waals surface area contributed by atoms with Crippen LogP contribution in [0.4, 0.5) is 0 Å². The normalized spacial score (nSPS) is 9.88. The molecule has 3 N–H and O–H groups in total. The van der Waals surface area contributed by atoms with Gasteiger partial charge in [0.1, 0.15) is 6.33 Å². The number of aromatic nitrogens is 2. The second-order valence-electron chi connectivity index (χ2n) is 3.23. The number of rotatable bonds is 6. The molecular weight excluding hydrogens is 208 g/mol. The summed E-state index contributed by atoms with van der Waals surface area (Å²) in [7, 11) is 0. The Labute approximate surface area is 94.2 Å². The van der Waals surface area contributed by atoms with Crippen molar-refractivity contribution in [1.82, 2.24) is 15.3 Å². The van der Waals surface area contributed by atoms with E-state index >= 15 is 0 Å². The number of carbonyl (C=O) groups excluding carboxylic acids is 1. The smallest absolute Gasteiger partial charge is 0.223 e. The monoisotopic (exact) mass is 224 g/mol. The first-order chi connectivity index (χ1) is 7.72. The molecule has 0 atom stereocenters. The molecule has 0 aliphatic rings. The average molecular weight is 224 g/mol. The van der Waals surface area contributed by atoms with Crippen molar-refractivity contribution in [3.8, 4) is 5.88 Å². The predicted molar refractivity (Wildman–Crippen MR) is 58.9 cm³/mol. The van der Waals surface area contributed by atoms with E-state index in [-0.39, 0.29) is 5.91 Å². The predicted octanol–water partition coefficient (Wildman–Crippen LogP) is -0.371. The zero-order valence-corrected chi connectivity index (χ0v) is 9.27. The Morgan fingerprint density at radius 3 is 3.06 bits per heavy atom. The zero-order chi connectivity index (χ0) is 11.8. The van der Waals surface area contributed by atoms with E-state index in [0.29, 0.717) is 32.0 Å². The molecule has 0 saturated heterocycles. The minimum Gasteiger partial charge on any atom is -0.477 e. The lowest BCUT2D eigenvalue weighted by atomic mass is 10.4. The molecule has 6 heteroatoms. The summed E-state index contributed by atoms with van der Waals surface area (Å²) in [4.78, 5) is 19.0. The van der Waals surface area contributed by atoms with Crippen molar-refractivity contribution in [2.45, 2.75) is 13.3 Å². The zero-order valence-electron chi connectivity index (χ0n) is 9.27. The molecule has 1 heterocycles. The van der Waals surface area contributed by atoms with Gasteiger partial charge < -0.3 is 15.8 Å². The molecule has 0 radical (unpaired) electrons. The number of amides is 1. The van der Waals surface area contributed by atoms with Gasteiger partial charge in [0, 0.05) is 24.8 Å². The van der Waals surface area contributed by atoms with Crippen molar-refractivity contribution in [3.63, 3.8) is 0 Å². The fourth-order valence-electron chi connectivity index (χ4n) is 1.06. The van der Waals surface area contributed by atoms with Crippen LogP contribution in [0.2, 0.25) is 0 Å². The van der Waals surface area contributed by atoms with Crippen molar-refractivity contribution in [1.29, 1.82) is 0 Å². The average Bonchev–Trinajstić information content (AvgIpc) is 2.26. The van der Waals surface area contributed by atoms with Gasteiger partial charge in [-0.15, -0.1) is 0 Å². The van der Waals surface area contributed by atoms with Crippen LogP contribution in [0.1, 0.15) is 12.1 Å². The molecule has 0 bridgehead atoms. The number of hydrogen-bond acceptors (Lipinski definition) is 5. The SMILES string of the molecule is Cc1cc(OCCC(=O)NCCN)ncn1. The highest BCUT2D eigenvalue weighted by atomic mass is 16.5. The summed E-state index contributed by atoms with van der Waals surface area (Å²) >= 11 is 0. The highest BCUT2D eigenvalue weighted by Crippen LogP contribution is 2.05. The van der Waals surface area contributed by atoms with Crippen molar-refractivity contribution in [2.24, 2.45) is 5.73 Å². The molecule has 0 aliphatic carbocycles. The first kappa shape index (κ1) is 12.4. The van der Waals surface area contributed by atoms with Gasteiger partial charge in [-0.05, 0) is 6.92 Å². The van der Waals surface area contributed by atoms with Crippen LogP contribution in [-0.4, -0.2) is 35.6 Å². The molecule has 1 aromatic rings. The van der Waals surface area contributed by atoms with Crippen molar-refractivity contribution >= 4 is 5.91 Å². The van der Waals surface area contributed by atoms with E-state index in [2.05, 4.69) is 15.3 Å². The molecule has 0 fully saturated rings. The Morgan fingerprint density at radius 2 is 2.38 bits per heavy atom. The van der Waals surface area contributed by atoms with Crippen LogP contribution in [0.5, 0.6) is 5.88 Å². The molecule has 0 aliphatic heterocycles. The van der Waals surface area contributed by atoms with Gasteiger partial charge in [0.25, 0.3) is 0 Å². The highest BCUT2D eigenvalue weighted by Gasteiger charge is 2.01. The van der Waals surface area contributed by atoms with E-state index in [1.807, 2.05) is 6.92 Å². The van der Waals surface area contributed by atoms with Crippen LogP contribution >= 0.6 is 0 Å². The van der Waals surface area contributed by atoms with Gasteiger partial charge >= 0.3 is 0 Å². The number of nitrogens with zero attached hydrogens (tertiary/aromatic N) is 2. The first-order valence-corrected chi connectivity index (χ1v) is 5.10. The fraction of sp³-hybridized carbons (Fsp3) is 0.500. The Balaban J connectivity index is 2.22. The Bertz CT molecular complexity index is 343. The van der Waals surface area contributed by atoms with E-state index in [1.165, 1.54) is 6.33 Å². The number of hydrogen-bond donors (Lipinski definition) is 2. The standard InChI is InChI=1S/C10H16N4O2/c1-8-6-10(14-7-13-8)16-5-2-9(15)12-4-3-11/h6-7H,2-5,11H2,1H3,(H,12,15). The lowest BCUT2D eigenvalue weighted by molar-refractivity contribution is -0.121. The summed E-state index contributed by atoms with van der Waals surface area (Å²) in [5, 5.41) is 2.65. The maximum absolute atomic E-state index is 11.2. The van der Waals surface area contributed by atoms with Crippen LogP contribution in [0.3, 0.4) is 0 Å². The van der Waals surface area contributed by atoms with Crippen LogP contribution in [-0.2, 0) is 4.79 Å². The maximum Gasteiger partial charge on any atom is 0.223 e. The quantitative estimate of drug-likeness (QED) is 0.688. The number of nitrogens with two attached hydrogens (primary N) is 1. The summed E-state index contributed by atoms with van der Waals surface area (Å²) < 4.78 is 5.29. The number of ether oxygens (including phenoxy) is 1. The minimum absolute atomic E-state index is 0.0729. The molecule has 0 saturated carbocycles. The number of carbonyl (C=O) groups is 1. The van der Waals surface area contributed by atoms with Crippen molar-refractivity contribution in [2.75, 3.05) is 19.7 Å². The second kappa shape index (κ2) is 6.73. The molecule has 1 aromatic heterocycles. The Morgan fingerprint density at radius 1 is 1.56 bits per heavy atom. The highest BCUT2D eigenvalue weighted by molar-refractivity contribution is 5.75. The van der Waals surface area contributed by atoms with Gasteiger partial charge in [-0.1, -0.05) is 0 Å². The largest absolute Gasteiger partial charge is 0.477 e. The first-order valence-electron chi connectivity index (χ1n) is 5.10. The molecule has 88 valence electrons. The van der Waals surface area contributed by atoms with Gasteiger partial charge in [-0.2, -0.15) is 0 Å². The number of nitrogens with one attached hydrogen (secondary N) is 1. The molecule has 1 rings (SSSR count). The maximum atomic E-state index is 11.2. The lowest BCUT2D eigenvalue weighted by Gasteiger charge is -2.05. The lowest BCUT2D eigenvalue weighted by Crippen LogP contribution is -2.29. The summed E-state index contributed by atoms with van der Waals surface area (Å²) in [5.41, 5.74) is 6.08. The van der Waals surface area contributed by atoms with Gasteiger partial charge in [-0.3, -0.25) is 4.79 Å². The van der Waals surface area contributed by atoms with Gasteiger partial charge in [0.05, 0.1) is 13.0 Å².